The third kappa shape index (κ3) is 2.90. The van der Waals surface area contributed by atoms with Crippen LogP contribution in [0.1, 0.15) is 5.56 Å². The molecule has 1 N–H and O–H groups in total. The molecule has 4 nitrogen and oxygen atoms in total. The number of aromatic hydroxyl groups is 1. The summed E-state index contributed by atoms with van der Waals surface area (Å²) in [4.78, 5) is 2.67. The lowest BCUT2D eigenvalue weighted by atomic mass is 10.1. The molecule has 1 rings (SSSR count). The Morgan fingerprint density at radius 1 is 1.36 bits per heavy atom. The van der Waals surface area contributed by atoms with Crippen molar-refractivity contribution in [2.24, 2.45) is 5.11 Å². The second-order valence-corrected chi connectivity index (χ2v) is 4.32. The Morgan fingerprint density at radius 3 is 2.43 bits per heavy atom. The van der Waals surface area contributed by atoms with Crippen molar-refractivity contribution in [2.45, 2.75) is 6.42 Å². The van der Waals surface area contributed by atoms with Crippen molar-refractivity contribution in [3.8, 4) is 5.75 Å². The van der Waals surface area contributed by atoms with Crippen molar-refractivity contribution in [3.05, 3.63) is 37.1 Å². The van der Waals surface area contributed by atoms with Crippen LogP contribution in [0.25, 0.3) is 10.4 Å². The summed E-state index contributed by atoms with van der Waals surface area (Å²) in [7, 11) is 0. The second kappa shape index (κ2) is 5.24. The Kier molecular flexibility index (Phi) is 4.25. The number of hydrogen-bond donors (Lipinski definition) is 1. The predicted molar refractivity (Wildman–Crippen MR) is 61.2 cm³/mol. The van der Waals surface area contributed by atoms with E-state index in [4.69, 9.17) is 5.53 Å². The van der Waals surface area contributed by atoms with Crippen molar-refractivity contribution in [2.75, 3.05) is 6.54 Å². The van der Waals surface area contributed by atoms with Gasteiger partial charge in [-0.25, -0.2) is 0 Å². The molecule has 0 spiro atoms. The summed E-state index contributed by atoms with van der Waals surface area (Å²) in [6, 6.07) is 3.60. The van der Waals surface area contributed by atoms with Crippen molar-refractivity contribution in [1.29, 1.82) is 0 Å². The summed E-state index contributed by atoms with van der Waals surface area (Å²) in [5.41, 5.74) is 9.09. The van der Waals surface area contributed by atoms with Crippen LogP contribution in [0, 0.1) is 0 Å². The fourth-order valence-corrected chi connectivity index (χ4v) is 2.27. The maximum atomic E-state index is 9.43. The first kappa shape index (κ1) is 11.4. The van der Waals surface area contributed by atoms with Gasteiger partial charge in [-0.2, -0.15) is 0 Å². The Bertz CT molecular complexity index is 365. The van der Waals surface area contributed by atoms with Gasteiger partial charge in [0.15, 0.2) is 0 Å². The molecular weight excluding hydrogens is 314 g/mol. The van der Waals surface area contributed by atoms with Gasteiger partial charge in [-0.3, -0.25) is 0 Å². The number of halogens is 2. The Labute approximate surface area is 97.8 Å². The average Bonchev–Trinajstić information content (AvgIpc) is 2.14. The van der Waals surface area contributed by atoms with E-state index in [1.54, 1.807) is 12.1 Å². The van der Waals surface area contributed by atoms with Gasteiger partial charge < -0.3 is 5.11 Å². The summed E-state index contributed by atoms with van der Waals surface area (Å²) < 4.78 is 1.26. The Balaban J connectivity index is 2.84. The van der Waals surface area contributed by atoms with Crippen LogP contribution in [0.3, 0.4) is 0 Å². The SMILES string of the molecule is [N-]=[N+]=NCCc1cc(Br)c(O)c(Br)c1. The summed E-state index contributed by atoms with van der Waals surface area (Å²) >= 11 is 6.44. The Hall–Kier alpha value is -0.710. The van der Waals surface area contributed by atoms with E-state index in [1.165, 1.54) is 0 Å². The van der Waals surface area contributed by atoms with E-state index in [0.717, 1.165) is 5.56 Å². The third-order valence-electron chi connectivity index (χ3n) is 1.64. The molecule has 0 aromatic heterocycles. The highest BCUT2D eigenvalue weighted by molar-refractivity contribution is 9.11. The van der Waals surface area contributed by atoms with Gasteiger partial charge in [0.25, 0.3) is 0 Å². The van der Waals surface area contributed by atoms with Crippen LogP contribution in [0.5, 0.6) is 5.75 Å². The smallest absolute Gasteiger partial charge is 0.143 e. The minimum Gasteiger partial charge on any atom is -0.506 e. The molecule has 0 amide bonds. The van der Waals surface area contributed by atoms with Gasteiger partial charge in [0, 0.05) is 11.5 Å². The fourth-order valence-electron chi connectivity index (χ4n) is 0.986. The van der Waals surface area contributed by atoms with Gasteiger partial charge >= 0.3 is 0 Å². The van der Waals surface area contributed by atoms with Gasteiger partial charge in [0.05, 0.1) is 8.95 Å². The molecule has 74 valence electrons. The first-order chi connectivity index (χ1) is 6.65. The zero-order valence-corrected chi connectivity index (χ0v) is 10.3. The lowest BCUT2D eigenvalue weighted by Crippen LogP contribution is -1.89. The quantitative estimate of drug-likeness (QED) is 0.514. The molecule has 0 atom stereocenters. The van der Waals surface area contributed by atoms with E-state index in [1.807, 2.05) is 0 Å². The highest BCUT2D eigenvalue weighted by Crippen LogP contribution is 2.33. The monoisotopic (exact) mass is 319 g/mol. The summed E-state index contributed by atoms with van der Waals surface area (Å²) in [6.07, 6.45) is 0.654. The summed E-state index contributed by atoms with van der Waals surface area (Å²) in [5, 5.41) is 12.9. The van der Waals surface area contributed by atoms with E-state index >= 15 is 0 Å². The first-order valence-electron chi connectivity index (χ1n) is 3.83. The highest BCUT2D eigenvalue weighted by Gasteiger charge is 2.04. The Morgan fingerprint density at radius 2 is 1.93 bits per heavy atom. The minimum atomic E-state index is 0.178. The lowest BCUT2D eigenvalue weighted by molar-refractivity contribution is 0.468. The van der Waals surface area contributed by atoms with Crippen LogP contribution in [0.2, 0.25) is 0 Å². The summed E-state index contributed by atoms with van der Waals surface area (Å²) in [6.45, 7) is 0.417. The molecule has 0 heterocycles. The topological polar surface area (TPSA) is 69.0 Å². The van der Waals surface area contributed by atoms with Crippen LogP contribution in [0.15, 0.2) is 26.2 Å². The van der Waals surface area contributed by atoms with Gasteiger partial charge in [-0.05, 0) is 61.5 Å². The molecule has 1 aromatic carbocycles. The van der Waals surface area contributed by atoms with Crippen molar-refractivity contribution in [1.82, 2.24) is 0 Å². The zero-order chi connectivity index (χ0) is 10.6. The molecule has 0 aliphatic rings. The maximum absolute atomic E-state index is 9.43. The van der Waals surface area contributed by atoms with Gasteiger partial charge in [0.2, 0.25) is 0 Å². The molecule has 0 radical (unpaired) electrons. The average molecular weight is 321 g/mol. The number of hydrogen-bond acceptors (Lipinski definition) is 2. The van der Waals surface area contributed by atoms with Crippen molar-refractivity contribution < 1.29 is 5.11 Å². The van der Waals surface area contributed by atoms with Crippen LogP contribution >= 0.6 is 31.9 Å². The predicted octanol–water partition coefficient (Wildman–Crippen LogP) is 3.77. The molecule has 6 heteroatoms. The van der Waals surface area contributed by atoms with E-state index < -0.39 is 0 Å². The minimum absolute atomic E-state index is 0.178. The maximum Gasteiger partial charge on any atom is 0.143 e. The zero-order valence-electron chi connectivity index (χ0n) is 7.11. The van der Waals surface area contributed by atoms with E-state index in [9.17, 15) is 5.11 Å². The highest BCUT2D eigenvalue weighted by atomic mass is 79.9. The fraction of sp³-hybridized carbons (Fsp3) is 0.250. The molecule has 0 saturated carbocycles. The molecule has 14 heavy (non-hydrogen) atoms. The first-order valence-corrected chi connectivity index (χ1v) is 5.41. The number of phenolic OH excluding ortho intramolecular Hbond substituents is 1. The number of rotatable bonds is 3. The number of benzene rings is 1. The molecule has 0 fully saturated rings. The van der Waals surface area contributed by atoms with E-state index in [-0.39, 0.29) is 5.75 Å². The van der Waals surface area contributed by atoms with Crippen LogP contribution in [0.4, 0.5) is 0 Å². The second-order valence-electron chi connectivity index (χ2n) is 2.61. The van der Waals surface area contributed by atoms with Crippen molar-refractivity contribution in [3.63, 3.8) is 0 Å². The largest absolute Gasteiger partial charge is 0.506 e. The summed E-state index contributed by atoms with van der Waals surface area (Å²) in [5.74, 6) is 0.178. The van der Waals surface area contributed by atoms with Crippen LogP contribution in [-0.2, 0) is 6.42 Å². The standard InChI is InChI=1S/C8H7Br2N3O/c9-6-3-5(1-2-12-13-11)4-7(10)8(6)14/h3-4,14H,1-2H2. The van der Waals surface area contributed by atoms with E-state index in [2.05, 4.69) is 41.9 Å². The molecule has 0 bridgehead atoms. The number of nitrogens with zero attached hydrogens (tertiary/aromatic N) is 3. The number of azide groups is 1. The molecule has 0 saturated heterocycles. The van der Waals surface area contributed by atoms with Gasteiger partial charge in [-0.1, -0.05) is 5.11 Å². The molecule has 1 aromatic rings. The van der Waals surface area contributed by atoms with Crippen molar-refractivity contribution >= 4 is 31.9 Å². The molecule has 0 aliphatic carbocycles. The number of phenols is 1. The molecule has 0 unspecified atom stereocenters. The normalized spacial score (nSPS) is 9.57. The molecular formula is C8H7Br2N3O. The van der Waals surface area contributed by atoms with Gasteiger partial charge in [0.1, 0.15) is 5.75 Å². The van der Waals surface area contributed by atoms with Crippen LogP contribution < -0.4 is 0 Å². The van der Waals surface area contributed by atoms with Crippen LogP contribution in [-0.4, -0.2) is 11.7 Å². The van der Waals surface area contributed by atoms with Gasteiger partial charge in [-0.15, -0.1) is 0 Å². The van der Waals surface area contributed by atoms with E-state index in [0.29, 0.717) is 21.9 Å². The third-order valence-corrected chi connectivity index (χ3v) is 2.85. The lowest BCUT2D eigenvalue weighted by Gasteiger charge is -2.04. The molecule has 0 aliphatic heterocycles.